The summed E-state index contributed by atoms with van der Waals surface area (Å²) in [6, 6.07) is 10.3. The Morgan fingerprint density at radius 3 is 2.58 bits per heavy atom. The van der Waals surface area contributed by atoms with E-state index in [1.807, 2.05) is 0 Å². The predicted molar refractivity (Wildman–Crippen MR) is 81.7 cm³/mol. The zero-order valence-electron chi connectivity index (χ0n) is 12.5. The summed E-state index contributed by atoms with van der Waals surface area (Å²) in [4.78, 5) is 4.03. The second-order valence-corrected chi connectivity index (χ2v) is 6.83. The molecule has 1 aromatic heterocycles. The van der Waals surface area contributed by atoms with Gasteiger partial charge in [-0.05, 0) is 29.8 Å². The first-order chi connectivity index (χ1) is 11.2. The van der Waals surface area contributed by atoms with Crippen molar-refractivity contribution < 1.29 is 26.3 Å². The van der Waals surface area contributed by atoms with Gasteiger partial charge in [-0.2, -0.15) is 0 Å². The number of aromatic nitrogens is 1. The first-order valence-corrected chi connectivity index (χ1v) is 8.61. The fourth-order valence-corrected chi connectivity index (χ4v) is 2.91. The van der Waals surface area contributed by atoms with E-state index in [0.717, 1.165) is 12.1 Å². The van der Waals surface area contributed by atoms with Crippen molar-refractivity contribution in [2.45, 2.75) is 19.3 Å². The van der Waals surface area contributed by atoms with Crippen molar-refractivity contribution in [2.75, 3.05) is 5.75 Å². The largest absolute Gasteiger partial charge is 0.573 e. The number of nitrogens with one attached hydrogen (secondary N) is 1. The Labute approximate surface area is 137 Å². The number of hydrogen-bond acceptors (Lipinski definition) is 4. The van der Waals surface area contributed by atoms with Crippen LogP contribution in [0.2, 0.25) is 0 Å². The quantitative estimate of drug-likeness (QED) is 0.824. The third kappa shape index (κ3) is 6.55. The number of hydrogen-bond donors (Lipinski definition) is 1. The molecule has 0 aliphatic rings. The minimum absolute atomic E-state index is 0.125. The number of benzene rings is 1. The number of sulfonamides is 1. The molecule has 0 unspecified atom stereocenters. The minimum atomic E-state index is -4.79. The van der Waals surface area contributed by atoms with Gasteiger partial charge in [-0.25, -0.2) is 13.1 Å². The zero-order valence-corrected chi connectivity index (χ0v) is 13.3. The number of ether oxygens (including phenoxy) is 1. The molecule has 9 heteroatoms. The number of halogens is 3. The molecule has 0 saturated carbocycles. The van der Waals surface area contributed by atoms with Crippen molar-refractivity contribution >= 4 is 10.0 Å². The summed E-state index contributed by atoms with van der Waals surface area (Å²) in [5, 5.41) is 0. The van der Waals surface area contributed by atoms with Crippen LogP contribution in [0.25, 0.3) is 0 Å². The molecule has 24 heavy (non-hydrogen) atoms. The predicted octanol–water partition coefficient (Wildman–Crippen LogP) is 2.64. The summed E-state index contributed by atoms with van der Waals surface area (Å²) in [6.45, 7) is -0.125. The van der Waals surface area contributed by atoms with Crippen LogP contribution in [0, 0.1) is 0 Å². The van der Waals surface area contributed by atoms with E-state index in [9.17, 15) is 21.6 Å². The number of aryl methyl sites for hydroxylation is 1. The van der Waals surface area contributed by atoms with Gasteiger partial charge in [0.15, 0.2) is 0 Å². The van der Waals surface area contributed by atoms with Crippen molar-refractivity contribution in [3.05, 3.63) is 59.9 Å². The van der Waals surface area contributed by atoms with Crippen molar-refractivity contribution in [3.8, 4) is 5.75 Å². The maximum Gasteiger partial charge on any atom is 0.573 e. The van der Waals surface area contributed by atoms with Crippen LogP contribution in [-0.4, -0.2) is 25.5 Å². The van der Waals surface area contributed by atoms with Gasteiger partial charge in [-0.3, -0.25) is 4.98 Å². The van der Waals surface area contributed by atoms with Crippen molar-refractivity contribution in [2.24, 2.45) is 0 Å². The second kappa shape index (κ2) is 7.63. The first kappa shape index (κ1) is 18.2. The van der Waals surface area contributed by atoms with Crippen LogP contribution >= 0.6 is 0 Å². The Morgan fingerprint density at radius 2 is 1.92 bits per heavy atom. The lowest BCUT2D eigenvalue weighted by atomic mass is 10.2. The highest BCUT2D eigenvalue weighted by Crippen LogP contribution is 2.23. The summed E-state index contributed by atoms with van der Waals surface area (Å²) in [5.41, 5.74) is 1.00. The topological polar surface area (TPSA) is 68.3 Å². The highest BCUT2D eigenvalue weighted by molar-refractivity contribution is 7.89. The van der Waals surface area contributed by atoms with Crippen LogP contribution in [0.1, 0.15) is 11.3 Å². The zero-order chi connectivity index (χ0) is 17.6. The summed E-state index contributed by atoms with van der Waals surface area (Å²) >= 11 is 0. The van der Waals surface area contributed by atoms with Gasteiger partial charge in [0.2, 0.25) is 10.0 Å². The molecule has 1 N–H and O–H groups in total. The third-order valence-corrected chi connectivity index (χ3v) is 4.31. The highest BCUT2D eigenvalue weighted by atomic mass is 32.2. The Balaban J connectivity index is 1.91. The first-order valence-electron chi connectivity index (χ1n) is 6.95. The van der Waals surface area contributed by atoms with Crippen molar-refractivity contribution in [3.63, 3.8) is 0 Å². The molecule has 2 rings (SSSR count). The van der Waals surface area contributed by atoms with Crippen LogP contribution < -0.4 is 9.46 Å². The molecule has 1 heterocycles. The molecule has 0 saturated heterocycles. The Bertz CT molecular complexity index is 765. The summed E-state index contributed by atoms with van der Waals surface area (Å²) < 4.78 is 66.5. The Hall–Kier alpha value is -2.13. The van der Waals surface area contributed by atoms with Gasteiger partial charge in [0, 0.05) is 24.9 Å². The molecule has 0 aliphatic carbocycles. The highest BCUT2D eigenvalue weighted by Gasteiger charge is 2.31. The number of rotatable bonds is 7. The van der Waals surface area contributed by atoms with Crippen molar-refractivity contribution in [1.82, 2.24) is 9.71 Å². The van der Waals surface area contributed by atoms with E-state index >= 15 is 0 Å². The Morgan fingerprint density at radius 1 is 1.12 bits per heavy atom. The van der Waals surface area contributed by atoms with Gasteiger partial charge >= 0.3 is 6.36 Å². The maximum atomic E-state index is 12.2. The number of nitrogens with zero attached hydrogens (tertiary/aromatic N) is 1. The van der Waals surface area contributed by atoms with E-state index < -0.39 is 22.1 Å². The molecular weight excluding hydrogens is 345 g/mol. The molecule has 0 bridgehead atoms. The van der Waals surface area contributed by atoms with Gasteiger partial charge in [0.1, 0.15) is 5.75 Å². The molecule has 0 amide bonds. The fourth-order valence-electron chi connectivity index (χ4n) is 1.90. The second-order valence-electron chi connectivity index (χ2n) is 4.91. The summed E-state index contributed by atoms with van der Waals surface area (Å²) in [5.74, 6) is -0.560. The SMILES string of the molecule is O=S(=O)(CCc1ccccn1)NCc1cccc(OC(F)(F)F)c1. The molecule has 0 fully saturated rings. The maximum absolute atomic E-state index is 12.2. The van der Waals surface area contributed by atoms with Gasteiger partial charge in [0.25, 0.3) is 0 Å². The molecule has 0 aliphatic heterocycles. The summed E-state index contributed by atoms with van der Waals surface area (Å²) in [7, 11) is -3.58. The number of alkyl halides is 3. The Kier molecular flexibility index (Phi) is 5.79. The lowest BCUT2D eigenvalue weighted by Crippen LogP contribution is -2.27. The van der Waals surface area contributed by atoms with E-state index in [-0.39, 0.29) is 18.7 Å². The molecule has 1 aromatic carbocycles. The van der Waals surface area contributed by atoms with Gasteiger partial charge in [0.05, 0.1) is 5.75 Å². The molecule has 5 nitrogen and oxygen atoms in total. The van der Waals surface area contributed by atoms with Crippen LogP contribution in [0.3, 0.4) is 0 Å². The monoisotopic (exact) mass is 360 g/mol. The lowest BCUT2D eigenvalue weighted by molar-refractivity contribution is -0.274. The van der Waals surface area contributed by atoms with Gasteiger partial charge in [-0.15, -0.1) is 13.2 Å². The number of pyridine rings is 1. The normalized spacial score (nSPS) is 12.1. The molecule has 0 atom stereocenters. The van der Waals surface area contributed by atoms with E-state index in [1.165, 1.54) is 12.1 Å². The van der Waals surface area contributed by atoms with E-state index in [1.54, 1.807) is 24.4 Å². The smallest absolute Gasteiger partial charge is 0.406 e. The fraction of sp³-hybridized carbons (Fsp3) is 0.267. The molecule has 2 aromatic rings. The minimum Gasteiger partial charge on any atom is -0.406 e. The average Bonchev–Trinajstić information content (AvgIpc) is 2.51. The van der Waals surface area contributed by atoms with E-state index in [4.69, 9.17) is 0 Å². The van der Waals surface area contributed by atoms with Crippen molar-refractivity contribution in [1.29, 1.82) is 0 Å². The molecule has 0 radical (unpaired) electrons. The molecular formula is C15H15F3N2O3S. The molecule has 130 valence electrons. The molecule has 0 spiro atoms. The third-order valence-electron chi connectivity index (χ3n) is 2.98. The van der Waals surface area contributed by atoms with Crippen LogP contribution in [0.4, 0.5) is 13.2 Å². The van der Waals surface area contributed by atoms with Crippen LogP contribution in [0.15, 0.2) is 48.7 Å². The van der Waals surface area contributed by atoms with E-state index in [0.29, 0.717) is 11.3 Å². The lowest BCUT2D eigenvalue weighted by Gasteiger charge is -2.11. The van der Waals surface area contributed by atoms with Gasteiger partial charge < -0.3 is 4.74 Å². The van der Waals surface area contributed by atoms with Gasteiger partial charge in [-0.1, -0.05) is 18.2 Å². The summed E-state index contributed by atoms with van der Waals surface area (Å²) in [6.07, 6.45) is -2.98. The van der Waals surface area contributed by atoms with Crippen LogP contribution in [0.5, 0.6) is 5.75 Å². The van der Waals surface area contributed by atoms with E-state index in [2.05, 4.69) is 14.4 Å². The van der Waals surface area contributed by atoms with Crippen LogP contribution in [-0.2, 0) is 23.0 Å². The standard InChI is InChI=1S/C15H15F3N2O3S/c16-15(17,18)23-14-6-3-4-12(10-14)11-20-24(21,22)9-7-13-5-1-2-8-19-13/h1-6,8,10,20H,7,9,11H2. The average molecular weight is 360 g/mol.